The Morgan fingerprint density at radius 3 is 2.83 bits per heavy atom. The molecule has 0 amide bonds. The van der Waals surface area contributed by atoms with Crippen molar-refractivity contribution in [3.05, 3.63) is 11.6 Å². The molecule has 0 radical (unpaired) electrons. The van der Waals surface area contributed by atoms with Gasteiger partial charge in [-0.2, -0.15) is 0 Å². The molecule has 1 aromatic rings. The van der Waals surface area contributed by atoms with Crippen LogP contribution in [0.3, 0.4) is 0 Å². The molecule has 0 aromatic carbocycles. The molecule has 0 aliphatic rings. The first-order chi connectivity index (χ1) is 5.65. The third-order valence-electron chi connectivity index (χ3n) is 1.24. The maximum Gasteiger partial charge on any atom is 0.339 e. The predicted octanol–water partition coefficient (Wildman–Crippen LogP) is -0.234. The summed E-state index contributed by atoms with van der Waals surface area (Å²) in [6.07, 6.45) is 0. The predicted molar refractivity (Wildman–Crippen MR) is 40.0 cm³/mol. The van der Waals surface area contributed by atoms with Crippen molar-refractivity contribution in [2.24, 2.45) is 0 Å². The van der Waals surface area contributed by atoms with Crippen LogP contribution in [0.4, 0.5) is 5.82 Å². The Balaban J connectivity index is 3.17. The van der Waals surface area contributed by atoms with E-state index in [0.717, 1.165) is 0 Å². The Bertz CT molecular complexity index is 313. The molecule has 0 saturated heterocycles. The van der Waals surface area contributed by atoms with E-state index in [9.17, 15) is 4.79 Å². The van der Waals surface area contributed by atoms with Gasteiger partial charge in [0, 0.05) is 6.07 Å². The first-order valence-corrected chi connectivity index (χ1v) is 3.05. The SMILES string of the molecule is COc1cc(C(=O)O)c(N)nn1. The fourth-order valence-corrected chi connectivity index (χ4v) is 0.654. The van der Waals surface area contributed by atoms with Crippen LogP contribution < -0.4 is 10.5 Å². The van der Waals surface area contributed by atoms with E-state index in [4.69, 9.17) is 10.8 Å². The second-order valence-electron chi connectivity index (χ2n) is 1.99. The molecule has 0 unspecified atom stereocenters. The molecule has 0 spiro atoms. The largest absolute Gasteiger partial charge is 0.480 e. The fourth-order valence-electron chi connectivity index (χ4n) is 0.654. The van der Waals surface area contributed by atoms with Gasteiger partial charge in [0.2, 0.25) is 5.88 Å². The van der Waals surface area contributed by atoms with Gasteiger partial charge in [0.25, 0.3) is 0 Å². The lowest BCUT2D eigenvalue weighted by Gasteiger charge is -2.00. The number of carboxylic acids is 1. The summed E-state index contributed by atoms with van der Waals surface area (Å²) in [4.78, 5) is 10.5. The standard InChI is InChI=1S/C6H7N3O3/c1-12-4-2-3(6(10)11)5(7)9-8-4/h2H,1H3,(H2,7,9)(H,10,11). The van der Waals surface area contributed by atoms with E-state index in [0.29, 0.717) is 0 Å². The van der Waals surface area contributed by atoms with Crippen molar-refractivity contribution in [2.75, 3.05) is 12.8 Å². The van der Waals surface area contributed by atoms with Gasteiger partial charge in [-0.05, 0) is 0 Å². The molecule has 6 nitrogen and oxygen atoms in total. The molecule has 1 heterocycles. The van der Waals surface area contributed by atoms with E-state index in [1.54, 1.807) is 0 Å². The van der Waals surface area contributed by atoms with Gasteiger partial charge in [-0.25, -0.2) is 4.79 Å². The molecule has 64 valence electrons. The monoisotopic (exact) mass is 169 g/mol. The number of aromatic nitrogens is 2. The zero-order valence-electron chi connectivity index (χ0n) is 6.31. The second kappa shape index (κ2) is 3.04. The van der Waals surface area contributed by atoms with Crippen molar-refractivity contribution >= 4 is 11.8 Å². The van der Waals surface area contributed by atoms with Crippen LogP contribution in [0.2, 0.25) is 0 Å². The van der Waals surface area contributed by atoms with E-state index in [2.05, 4.69) is 14.9 Å². The number of nitrogens with two attached hydrogens (primary N) is 1. The van der Waals surface area contributed by atoms with E-state index in [1.165, 1.54) is 13.2 Å². The van der Waals surface area contributed by atoms with Crippen LogP contribution in [0.1, 0.15) is 10.4 Å². The van der Waals surface area contributed by atoms with Crippen LogP contribution in [0.25, 0.3) is 0 Å². The number of hydrogen-bond acceptors (Lipinski definition) is 5. The highest BCUT2D eigenvalue weighted by Crippen LogP contribution is 2.12. The zero-order valence-corrected chi connectivity index (χ0v) is 6.31. The van der Waals surface area contributed by atoms with Crippen molar-refractivity contribution in [3.63, 3.8) is 0 Å². The van der Waals surface area contributed by atoms with E-state index >= 15 is 0 Å². The Labute approximate surface area is 68.0 Å². The molecule has 12 heavy (non-hydrogen) atoms. The quantitative estimate of drug-likeness (QED) is 0.634. The van der Waals surface area contributed by atoms with Crippen LogP contribution in [-0.2, 0) is 0 Å². The molecule has 1 aromatic heterocycles. The summed E-state index contributed by atoms with van der Waals surface area (Å²) in [6.45, 7) is 0. The molecule has 0 atom stereocenters. The summed E-state index contributed by atoms with van der Waals surface area (Å²) >= 11 is 0. The molecular weight excluding hydrogens is 162 g/mol. The molecule has 0 fully saturated rings. The van der Waals surface area contributed by atoms with Gasteiger partial charge >= 0.3 is 5.97 Å². The van der Waals surface area contributed by atoms with Gasteiger partial charge < -0.3 is 15.6 Å². The van der Waals surface area contributed by atoms with Crippen LogP contribution in [-0.4, -0.2) is 28.4 Å². The lowest BCUT2D eigenvalue weighted by molar-refractivity contribution is 0.0697. The maximum atomic E-state index is 10.5. The lowest BCUT2D eigenvalue weighted by atomic mass is 10.3. The Kier molecular flexibility index (Phi) is 2.09. The highest BCUT2D eigenvalue weighted by molar-refractivity contribution is 5.92. The van der Waals surface area contributed by atoms with Crippen LogP contribution in [0, 0.1) is 0 Å². The molecule has 0 aliphatic heterocycles. The number of anilines is 1. The minimum Gasteiger partial charge on any atom is -0.480 e. The summed E-state index contributed by atoms with van der Waals surface area (Å²) in [6, 6.07) is 1.21. The zero-order chi connectivity index (χ0) is 9.14. The molecule has 1 rings (SSSR count). The van der Waals surface area contributed by atoms with Gasteiger partial charge in [0.1, 0.15) is 5.56 Å². The first kappa shape index (κ1) is 8.25. The fraction of sp³-hybridized carbons (Fsp3) is 0.167. The first-order valence-electron chi connectivity index (χ1n) is 3.05. The van der Waals surface area contributed by atoms with Crippen LogP contribution in [0.5, 0.6) is 5.88 Å². The van der Waals surface area contributed by atoms with Crippen LogP contribution in [0.15, 0.2) is 6.07 Å². The molecule has 6 heteroatoms. The minimum absolute atomic E-state index is 0.109. The number of nitrogens with zero attached hydrogens (tertiary/aromatic N) is 2. The third-order valence-corrected chi connectivity index (χ3v) is 1.24. The number of carbonyl (C=O) groups is 1. The molecule has 3 N–H and O–H groups in total. The van der Waals surface area contributed by atoms with Crippen molar-refractivity contribution in [1.29, 1.82) is 0 Å². The maximum absolute atomic E-state index is 10.5. The highest BCUT2D eigenvalue weighted by atomic mass is 16.5. The number of nitrogen functional groups attached to an aromatic ring is 1. The highest BCUT2D eigenvalue weighted by Gasteiger charge is 2.10. The second-order valence-corrected chi connectivity index (χ2v) is 1.99. The number of carboxylic acid groups (broad SMARTS) is 1. The van der Waals surface area contributed by atoms with E-state index in [1.807, 2.05) is 0 Å². The summed E-state index contributed by atoms with van der Waals surface area (Å²) in [5.74, 6) is -1.15. The number of rotatable bonds is 2. The van der Waals surface area contributed by atoms with Crippen LogP contribution >= 0.6 is 0 Å². The Hall–Kier alpha value is -1.85. The molecule has 0 aliphatic carbocycles. The number of ether oxygens (including phenoxy) is 1. The summed E-state index contributed by atoms with van der Waals surface area (Å²) in [5, 5.41) is 15.5. The van der Waals surface area contributed by atoms with Crippen molar-refractivity contribution in [1.82, 2.24) is 10.2 Å². The summed E-state index contributed by atoms with van der Waals surface area (Å²) in [5.41, 5.74) is 5.13. The number of aromatic carboxylic acids is 1. The van der Waals surface area contributed by atoms with Gasteiger partial charge in [0.15, 0.2) is 5.82 Å². The number of hydrogen-bond donors (Lipinski definition) is 2. The van der Waals surface area contributed by atoms with E-state index in [-0.39, 0.29) is 17.3 Å². The van der Waals surface area contributed by atoms with Gasteiger partial charge in [0.05, 0.1) is 7.11 Å². The third kappa shape index (κ3) is 1.42. The van der Waals surface area contributed by atoms with Crippen molar-refractivity contribution < 1.29 is 14.6 Å². The molecular formula is C6H7N3O3. The van der Waals surface area contributed by atoms with Gasteiger partial charge in [-0.3, -0.25) is 0 Å². The Morgan fingerprint density at radius 2 is 2.33 bits per heavy atom. The molecule has 0 bridgehead atoms. The normalized spacial score (nSPS) is 9.42. The van der Waals surface area contributed by atoms with Gasteiger partial charge in [-0.15, -0.1) is 10.2 Å². The molecule has 0 saturated carbocycles. The minimum atomic E-state index is -1.15. The summed E-state index contributed by atoms with van der Waals surface area (Å²) < 4.78 is 4.67. The average molecular weight is 169 g/mol. The van der Waals surface area contributed by atoms with Crippen molar-refractivity contribution in [3.8, 4) is 5.88 Å². The average Bonchev–Trinajstić information content (AvgIpc) is 2.05. The smallest absolute Gasteiger partial charge is 0.339 e. The summed E-state index contributed by atoms with van der Waals surface area (Å²) in [7, 11) is 1.37. The topological polar surface area (TPSA) is 98.3 Å². The Morgan fingerprint density at radius 1 is 1.67 bits per heavy atom. The number of methoxy groups -OCH3 is 1. The van der Waals surface area contributed by atoms with E-state index < -0.39 is 5.97 Å². The lowest BCUT2D eigenvalue weighted by Crippen LogP contribution is -2.06. The van der Waals surface area contributed by atoms with Gasteiger partial charge in [-0.1, -0.05) is 0 Å². The van der Waals surface area contributed by atoms with Crippen molar-refractivity contribution in [2.45, 2.75) is 0 Å².